The van der Waals surface area contributed by atoms with Crippen LogP contribution in [0.1, 0.15) is 31.1 Å². The Morgan fingerprint density at radius 3 is 1.00 bits per heavy atom. The van der Waals surface area contributed by atoms with Gasteiger partial charge in [0.25, 0.3) is 0 Å². The minimum absolute atomic E-state index is 0.125. The first-order chi connectivity index (χ1) is 8.83. The average Bonchev–Trinajstić information content (AvgIpc) is 2.38. The predicted molar refractivity (Wildman–Crippen MR) is 61.5 cm³/mol. The molecule has 1 aromatic rings. The highest BCUT2D eigenvalue weighted by atomic mass is 16.4. The number of hydrogen-bond donors (Lipinski definition) is 5. The largest absolute Gasteiger partial charge is 0.478 e. The zero-order valence-corrected chi connectivity index (χ0v) is 9.61. The molecule has 19 heavy (non-hydrogen) atoms. The number of rotatable bonds is 4. The topological polar surface area (TPSA) is 152 Å². The predicted octanol–water partition coefficient (Wildman–Crippen LogP) is -0.248. The van der Waals surface area contributed by atoms with Crippen LogP contribution in [0.2, 0.25) is 0 Å². The Kier molecular flexibility index (Phi) is 6.79. The van der Waals surface area contributed by atoms with Gasteiger partial charge in [0, 0.05) is 0 Å². The number of benzene rings is 1. The molecule has 8 heteroatoms. The van der Waals surface area contributed by atoms with Crippen LogP contribution < -0.4 is 0 Å². The molecule has 0 saturated carbocycles. The molecule has 1 rings (SSSR count). The van der Waals surface area contributed by atoms with Crippen LogP contribution in [-0.2, 0) is 0 Å². The van der Waals surface area contributed by atoms with Crippen LogP contribution >= 0.6 is 0 Å². The molecule has 0 spiro atoms. The summed E-state index contributed by atoms with van der Waals surface area (Å²) >= 11 is 0. The number of carbonyl (C=O) groups is 3. The molecule has 0 aromatic heterocycles. The van der Waals surface area contributed by atoms with E-state index in [4.69, 9.17) is 25.5 Å². The van der Waals surface area contributed by atoms with Crippen LogP contribution in [0.3, 0.4) is 0 Å². The second kappa shape index (κ2) is 7.80. The summed E-state index contributed by atoms with van der Waals surface area (Å²) < 4.78 is 0. The lowest BCUT2D eigenvalue weighted by Gasteiger charge is -2.00. The molecule has 8 nitrogen and oxygen atoms in total. The Labute approximate surface area is 107 Å². The molecule has 0 amide bonds. The van der Waals surface area contributed by atoms with Crippen LogP contribution in [0.15, 0.2) is 18.2 Å². The van der Waals surface area contributed by atoms with E-state index in [-0.39, 0.29) is 29.9 Å². The van der Waals surface area contributed by atoms with Crippen molar-refractivity contribution in [3.05, 3.63) is 34.9 Å². The Hall–Kier alpha value is -2.45. The Morgan fingerprint density at radius 2 is 0.895 bits per heavy atom. The highest BCUT2D eigenvalue weighted by Crippen LogP contribution is 2.11. The molecule has 0 aliphatic carbocycles. The minimum atomic E-state index is -1.37. The number of aliphatic hydroxyl groups is 2. The van der Waals surface area contributed by atoms with Crippen LogP contribution in [0, 0.1) is 0 Å². The number of aliphatic hydroxyl groups excluding tert-OH is 2. The van der Waals surface area contributed by atoms with E-state index in [0.717, 1.165) is 18.2 Å². The van der Waals surface area contributed by atoms with Crippen molar-refractivity contribution in [2.75, 3.05) is 13.2 Å². The van der Waals surface area contributed by atoms with Gasteiger partial charge in [-0.15, -0.1) is 0 Å². The quantitative estimate of drug-likeness (QED) is 0.503. The van der Waals surface area contributed by atoms with E-state index in [2.05, 4.69) is 0 Å². The van der Waals surface area contributed by atoms with Gasteiger partial charge in [0.05, 0.1) is 29.9 Å². The molecule has 5 N–H and O–H groups in total. The van der Waals surface area contributed by atoms with E-state index >= 15 is 0 Å². The summed E-state index contributed by atoms with van der Waals surface area (Å²) in [5.74, 6) is -4.12. The number of aromatic carboxylic acids is 3. The summed E-state index contributed by atoms with van der Waals surface area (Å²) in [4.78, 5) is 31.7. The maximum absolute atomic E-state index is 10.6. The van der Waals surface area contributed by atoms with Crippen molar-refractivity contribution >= 4 is 17.9 Å². The second-order valence-corrected chi connectivity index (χ2v) is 3.16. The second-order valence-electron chi connectivity index (χ2n) is 3.16. The molecule has 0 bridgehead atoms. The molecule has 104 valence electrons. The molecule has 0 heterocycles. The van der Waals surface area contributed by atoms with Gasteiger partial charge in [-0.25, -0.2) is 14.4 Å². The van der Waals surface area contributed by atoms with Crippen molar-refractivity contribution in [1.29, 1.82) is 0 Å². The summed E-state index contributed by atoms with van der Waals surface area (Å²) in [5, 5.41) is 41.1. The molecule has 0 radical (unpaired) electrons. The van der Waals surface area contributed by atoms with Crippen molar-refractivity contribution in [2.45, 2.75) is 0 Å². The summed E-state index contributed by atoms with van der Waals surface area (Å²) in [7, 11) is 0. The molecule has 0 unspecified atom stereocenters. The average molecular weight is 272 g/mol. The Balaban J connectivity index is 0.000000711. The van der Waals surface area contributed by atoms with E-state index in [9.17, 15) is 14.4 Å². The van der Waals surface area contributed by atoms with Gasteiger partial charge >= 0.3 is 17.9 Å². The fourth-order valence-electron chi connectivity index (χ4n) is 0.998. The lowest BCUT2D eigenvalue weighted by molar-refractivity contribution is 0.0696. The number of carboxylic acids is 3. The highest BCUT2D eigenvalue weighted by Gasteiger charge is 2.14. The van der Waals surface area contributed by atoms with Crippen molar-refractivity contribution in [3.8, 4) is 0 Å². The lowest BCUT2D eigenvalue weighted by Crippen LogP contribution is -2.07. The number of carboxylic acid groups (broad SMARTS) is 3. The zero-order chi connectivity index (χ0) is 15.0. The first-order valence-electron chi connectivity index (χ1n) is 4.90. The molecule has 0 atom stereocenters. The lowest BCUT2D eigenvalue weighted by atomic mass is 10.1. The summed E-state index contributed by atoms with van der Waals surface area (Å²) in [5.41, 5.74) is -1.10. The van der Waals surface area contributed by atoms with Gasteiger partial charge in [-0.2, -0.15) is 0 Å². The van der Waals surface area contributed by atoms with Crippen LogP contribution in [-0.4, -0.2) is 56.7 Å². The third kappa shape index (κ3) is 5.61. The fourth-order valence-corrected chi connectivity index (χ4v) is 0.998. The molecule has 0 aliphatic rings. The van der Waals surface area contributed by atoms with E-state index < -0.39 is 17.9 Å². The zero-order valence-electron chi connectivity index (χ0n) is 9.61. The minimum Gasteiger partial charge on any atom is -0.478 e. The molecular weight excluding hydrogens is 260 g/mol. The summed E-state index contributed by atoms with van der Waals surface area (Å²) in [6, 6.07) is 2.70. The summed E-state index contributed by atoms with van der Waals surface area (Å²) in [6.07, 6.45) is 0. The van der Waals surface area contributed by atoms with E-state index in [1.807, 2.05) is 0 Å². The fraction of sp³-hybridized carbons (Fsp3) is 0.182. The Bertz CT molecular complexity index is 399. The standard InChI is InChI=1S/C9H6O6.C2H6O2/c10-7(11)4-1-5(8(12)13)3-6(2-4)9(14)15;3-1-2-4/h1-3H,(H,10,11)(H,12,13)(H,14,15);3-4H,1-2H2. The van der Waals surface area contributed by atoms with Gasteiger partial charge in [-0.3, -0.25) is 0 Å². The van der Waals surface area contributed by atoms with Crippen LogP contribution in [0.4, 0.5) is 0 Å². The van der Waals surface area contributed by atoms with E-state index in [0.29, 0.717) is 0 Å². The maximum atomic E-state index is 10.6. The van der Waals surface area contributed by atoms with Crippen molar-refractivity contribution in [3.63, 3.8) is 0 Å². The third-order valence-corrected chi connectivity index (χ3v) is 1.77. The van der Waals surface area contributed by atoms with Crippen LogP contribution in [0.5, 0.6) is 0 Å². The first kappa shape index (κ1) is 16.6. The Morgan fingerprint density at radius 1 is 0.684 bits per heavy atom. The third-order valence-electron chi connectivity index (χ3n) is 1.77. The molecule has 0 fully saturated rings. The van der Waals surface area contributed by atoms with Gasteiger partial charge in [0.2, 0.25) is 0 Å². The van der Waals surface area contributed by atoms with Crippen LogP contribution in [0.25, 0.3) is 0 Å². The monoisotopic (exact) mass is 272 g/mol. The van der Waals surface area contributed by atoms with Crippen molar-refractivity contribution < 1.29 is 39.9 Å². The molecule has 1 aromatic carbocycles. The highest BCUT2D eigenvalue weighted by molar-refractivity contribution is 5.98. The SMILES string of the molecule is O=C(O)c1cc(C(=O)O)cc(C(=O)O)c1.OCCO. The molecule has 0 saturated heterocycles. The maximum Gasteiger partial charge on any atom is 0.335 e. The van der Waals surface area contributed by atoms with Gasteiger partial charge in [-0.1, -0.05) is 0 Å². The van der Waals surface area contributed by atoms with Gasteiger partial charge in [-0.05, 0) is 18.2 Å². The van der Waals surface area contributed by atoms with E-state index in [1.165, 1.54) is 0 Å². The van der Waals surface area contributed by atoms with Gasteiger partial charge < -0.3 is 25.5 Å². The van der Waals surface area contributed by atoms with Gasteiger partial charge in [0.1, 0.15) is 0 Å². The van der Waals surface area contributed by atoms with Crippen molar-refractivity contribution in [2.24, 2.45) is 0 Å². The van der Waals surface area contributed by atoms with Crippen molar-refractivity contribution in [1.82, 2.24) is 0 Å². The first-order valence-corrected chi connectivity index (χ1v) is 4.90. The summed E-state index contributed by atoms with van der Waals surface area (Å²) in [6.45, 7) is -0.250. The molecular formula is C11H12O8. The normalized spacial score (nSPS) is 9.16. The number of hydrogen-bond acceptors (Lipinski definition) is 5. The smallest absolute Gasteiger partial charge is 0.335 e. The molecule has 0 aliphatic heterocycles. The van der Waals surface area contributed by atoms with Gasteiger partial charge in [0.15, 0.2) is 0 Å². The van der Waals surface area contributed by atoms with E-state index in [1.54, 1.807) is 0 Å².